The fourth-order valence-corrected chi connectivity index (χ4v) is 4.89. The highest BCUT2D eigenvalue weighted by molar-refractivity contribution is 6.03. The Morgan fingerprint density at radius 3 is 2.32 bits per heavy atom. The second-order valence-corrected chi connectivity index (χ2v) is 8.35. The van der Waals surface area contributed by atoms with E-state index < -0.39 is 11.9 Å². The lowest BCUT2D eigenvalue weighted by Gasteiger charge is -2.34. The number of phenolic OH excluding ortho intramolecular Hbond substituents is 1. The maximum Gasteiger partial charge on any atom is 0.337 e. The zero-order valence-corrected chi connectivity index (χ0v) is 18.2. The van der Waals surface area contributed by atoms with Crippen LogP contribution < -0.4 is 14.8 Å². The van der Waals surface area contributed by atoms with Crippen LogP contribution in [0.3, 0.4) is 0 Å². The van der Waals surface area contributed by atoms with Gasteiger partial charge in [-0.05, 0) is 63.1 Å². The van der Waals surface area contributed by atoms with Crippen LogP contribution >= 0.6 is 0 Å². The van der Waals surface area contributed by atoms with Crippen LogP contribution in [0.5, 0.6) is 17.2 Å². The number of dihydropyridines is 1. The monoisotopic (exact) mass is 427 g/mol. The van der Waals surface area contributed by atoms with E-state index >= 15 is 0 Å². The van der Waals surface area contributed by atoms with Crippen molar-refractivity contribution in [2.75, 3.05) is 14.2 Å². The van der Waals surface area contributed by atoms with E-state index in [1.807, 2.05) is 6.92 Å². The summed E-state index contributed by atoms with van der Waals surface area (Å²) in [5.74, 6) is -0.677. The van der Waals surface area contributed by atoms with E-state index in [1.165, 1.54) is 14.2 Å². The molecular weight excluding hydrogens is 398 g/mol. The molecule has 1 aliphatic heterocycles. The van der Waals surface area contributed by atoms with Crippen LogP contribution in [0.4, 0.5) is 0 Å². The highest BCUT2D eigenvalue weighted by Gasteiger charge is 2.40. The average molecular weight is 427 g/mol. The number of ether oxygens (including phenoxy) is 3. The van der Waals surface area contributed by atoms with Gasteiger partial charge in [-0.25, -0.2) is 4.79 Å². The van der Waals surface area contributed by atoms with Gasteiger partial charge in [0.25, 0.3) is 0 Å². The largest absolute Gasteiger partial charge is 0.502 e. The predicted molar refractivity (Wildman–Crippen MR) is 114 cm³/mol. The number of methoxy groups -OCH3 is 2. The number of hydrogen-bond acceptors (Lipinski definition) is 7. The number of hydrogen-bond donors (Lipinski definition) is 2. The van der Waals surface area contributed by atoms with Crippen molar-refractivity contribution in [1.82, 2.24) is 5.32 Å². The zero-order chi connectivity index (χ0) is 22.1. The van der Waals surface area contributed by atoms with E-state index in [1.54, 1.807) is 12.1 Å². The molecule has 0 amide bonds. The molecule has 0 spiro atoms. The maximum atomic E-state index is 13.3. The van der Waals surface area contributed by atoms with Gasteiger partial charge in [-0.1, -0.05) is 0 Å². The fourth-order valence-electron chi connectivity index (χ4n) is 4.89. The van der Waals surface area contributed by atoms with Crippen LogP contribution in [-0.2, 0) is 14.3 Å². The normalized spacial score (nSPS) is 21.6. The lowest BCUT2D eigenvalue weighted by Crippen LogP contribution is -2.35. The van der Waals surface area contributed by atoms with Crippen molar-refractivity contribution in [3.63, 3.8) is 0 Å². The first kappa shape index (κ1) is 21.3. The number of nitrogens with one attached hydrogen (secondary N) is 1. The first-order valence-corrected chi connectivity index (χ1v) is 10.8. The highest BCUT2D eigenvalue weighted by Crippen LogP contribution is 2.47. The standard InChI is InChI=1S/C24H29NO6/c1-13-20(24(28)31-15-7-4-5-8-15)21(22-16(25-13)9-6-10-17(22)26)14-11-18(29-2)23(27)19(12-14)30-3/h11-12,15,21,25,27H,4-10H2,1-3H3/t21-/m1/s1. The van der Waals surface area contributed by atoms with Crippen molar-refractivity contribution in [3.8, 4) is 17.2 Å². The molecule has 31 heavy (non-hydrogen) atoms. The molecule has 2 aliphatic carbocycles. The van der Waals surface area contributed by atoms with Gasteiger partial charge in [0.1, 0.15) is 6.10 Å². The molecule has 1 heterocycles. The number of phenols is 1. The highest BCUT2D eigenvalue weighted by atomic mass is 16.5. The van der Waals surface area contributed by atoms with E-state index in [2.05, 4.69) is 5.32 Å². The van der Waals surface area contributed by atoms with E-state index in [0.29, 0.717) is 28.8 Å². The summed E-state index contributed by atoms with van der Waals surface area (Å²) in [5, 5.41) is 13.7. The Morgan fingerprint density at radius 2 is 1.71 bits per heavy atom. The van der Waals surface area contributed by atoms with Gasteiger partial charge < -0.3 is 24.6 Å². The minimum absolute atomic E-state index is 0.0171. The molecule has 1 atom stereocenters. The lowest BCUT2D eigenvalue weighted by molar-refractivity contribution is -0.144. The minimum atomic E-state index is -0.610. The van der Waals surface area contributed by atoms with E-state index in [-0.39, 0.29) is 29.1 Å². The number of carbonyl (C=O) groups is 2. The summed E-state index contributed by atoms with van der Waals surface area (Å²) in [4.78, 5) is 26.4. The number of rotatable bonds is 5. The minimum Gasteiger partial charge on any atom is -0.502 e. The van der Waals surface area contributed by atoms with E-state index in [4.69, 9.17) is 14.2 Å². The molecule has 0 unspecified atom stereocenters. The summed E-state index contributed by atoms with van der Waals surface area (Å²) < 4.78 is 16.5. The third-order valence-corrected chi connectivity index (χ3v) is 6.41. The second kappa shape index (κ2) is 8.65. The number of allylic oxidation sites excluding steroid dienone is 3. The Bertz CT molecular complexity index is 945. The van der Waals surface area contributed by atoms with Gasteiger partial charge in [0.05, 0.1) is 19.8 Å². The first-order chi connectivity index (χ1) is 14.9. The molecule has 1 aromatic rings. The Hall–Kier alpha value is -2.96. The first-order valence-electron chi connectivity index (χ1n) is 10.8. The number of esters is 1. The Morgan fingerprint density at radius 1 is 1.06 bits per heavy atom. The van der Waals surface area contributed by atoms with Crippen LogP contribution in [0.25, 0.3) is 0 Å². The Labute approximate surface area is 182 Å². The molecule has 0 saturated heterocycles. The van der Waals surface area contributed by atoms with Crippen molar-refractivity contribution in [2.24, 2.45) is 0 Å². The predicted octanol–water partition coefficient (Wildman–Crippen LogP) is 3.86. The van der Waals surface area contributed by atoms with Crippen molar-refractivity contribution in [1.29, 1.82) is 0 Å². The van der Waals surface area contributed by atoms with Crippen LogP contribution in [0.1, 0.15) is 63.4 Å². The SMILES string of the molecule is COc1cc([C@@H]2C(C(=O)OC3CCCC3)=C(C)NC3=C2C(=O)CCC3)cc(OC)c1O. The molecule has 2 N–H and O–H groups in total. The summed E-state index contributed by atoms with van der Waals surface area (Å²) in [5.41, 5.74) is 3.20. The third-order valence-electron chi connectivity index (χ3n) is 6.41. The number of benzene rings is 1. The molecule has 1 aromatic carbocycles. The molecule has 166 valence electrons. The van der Waals surface area contributed by atoms with Gasteiger partial charge in [-0.2, -0.15) is 0 Å². The zero-order valence-electron chi connectivity index (χ0n) is 18.2. The lowest BCUT2D eigenvalue weighted by atomic mass is 9.75. The van der Waals surface area contributed by atoms with Gasteiger partial charge in [0.2, 0.25) is 5.75 Å². The number of carbonyl (C=O) groups excluding carboxylic acids is 2. The quantitative estimate of drug-likeness (QED) is 0.689. The molecule has 1 saturated carbocycles. The van der Waals surface area contributed by atoms with E-state index in [0.717, 1.165) is 44.2 Å². The topological polar surface area (TPSA) is 94.1 Å². The average Bonchev–Trinajstić information content (AvgIpc) is 3.26. The second-order valence-electron chi connectivity index (χ2n) is 8.35. The molecule has 7 heteroatoms. The molecule has 0 radical (unpaired) electrons. The van der Waals surface area contributed by atoms with Gasteiger partial charge >= 0.3 is 5.97 Å². The summed E-state index contributed by atoms with van der Waals surface area (Å²) in [6.07, 6.45) is 5.70. The Kier molecular flexibility index (Phi) is 5.94. The molecule has 1 fully saturated rings. The van der Waals surface area contributed by atoms with Crippen LogP contribution in [0, 0.1) is 0 Å². The maximum absolute atomic E-state index is 13.3. The molecule has 7 nitrogen and oxygen atoms in total. The molecule has 4 rings (SSSR count). The van der Waals surface area contributed by atoms with E-state index in [9.17, 15) is 14.7 Å². The van der Waals surface area contributed by atoms with Gasteiger partial charge in [-0.15, -0.1) is 0 Å². The van der Waals surface area contributed by atoms with Crippen LogP contribution in [-0.4, -0.2) is 37.2 Å². The van der Waals surface area contributed by atoms with Crippen LogP contribution in [0.2, 0.25) is 0 Å². The van der Waals surface area contributed by atoms with Crippen molar-refractivity contribution in [3.05, 3.63) is 40.2 Å². The Balaban J connectivity index is 1.84. The molecule has 3 aliphatic rings. The van der Waals surface area contributed by atoms with Crippen molar-refractivity contribution < 1.29 is 28.9 Å². The molecular formula is C24H29NO6. The van der Waals surface area contributed by atoms with Crippen molar-refractivity contribution in [2.45, 2.75) is 63.9 Å². The summed E-state index contributed by atoms with van der Waals surface area (Å²) in [6.45, 7) is 1.84. The summed E-state index contributed by atoms with van der Waals surface area (Å²) >= 11 is 0. The van der Waals surface area contributed by atoms with Gasteiger partial charge in [0.15, 0.2) is 17.3 Å². The van der Waals surface area contributed by atoms with Crippen molar-refractivity contribution >= 4 is 11.8 Å². The molecule has 0 bridgehead atoms. The smallest absolute Gasteiger partial charge is 0.337 e. The fraction of sp³-hybridized carbons (Fsp3) is 0.500. The number of aromatic hydroxyl groups is 1. The number of Topliss-reactive ketones (excluding diaryl/α,β-unsaturated/α-hetero) is 1. The van der Waals surface area contributed by atoms with Crippen LogP contribution in [0.15, 0.2) is 34.7 Å². The third kappa shape index (κ3) is 3.89. The summed E-state index contributed by atoms with van der Waals surface area (Å²) in [6, 6.07) is 3.33. The summed E-state index contributed by atoms with van der Waals surface area (Å²) in [7, 11) is 2.90. The van der Waals surface area contributed by atoms with Gasteiger partial charge in [-0.3, -0.25) is 4.79 Å². The number of ketones is 1. The molecule has 0 aromatic heterocycles. The van der Waals surface area contributed by atoms with Gasteiger partial charge in [0, 0.05) is 29.3 Å².